The molecule has 0 saturated heterocycles. The first-order valence-corrected chi connectivity index (χ1v) is 11.0. The highest BCUT2D eigenvalue weighted by Crippen LogP contribution is 2.45. The van der Waals surface area contributed by atoms with Gasteiger partial charge in [-0.25, -0.2) is 4.68 Å². The number of hydrogen-bond acceptors (Lipinski definition) is 7. The molecule has 0 saturated carbocycles. The van der Waals surface area contributed by atoms with Crippen molar-refractivity contribution in [3.05, 3.63) is 69.3 Å². The Bertz CT molecular complexity index is 1250. The topological polar surface area (TPSA) is 104 Å². The Kier molecular flexibility index (Phi) is 5.13. The first kappa shape index (κ1) is 20.6. The lowest BCUT2D eigenvalue weighted by molar-refractivity contribution is -0.116. The molecule has 164 valence electrons. The molecule has 2 atom stereocenters. The predicted molar refractivity (Wildman–Crippen MR) is 124 cm³/mol. The van der Waals surface area contributed by atoms with Gasteiger partial charge in [0.05, 0.1) is 14.2 Å². The van der Waals surface area contributed by atoms with E-state index in [1.165, 1.54) is 0 Å². The minimum absolute atomic E-state index is 0.00327. The standard InChI is InChI=1S/C23H22BrN5O3/c1-31-18-7-6-12(11-19(18)32-2)14-9-16-20(17(30)10-14)21(13-4-3-5-15(24)8-13)29-23(26-16)27-22(25)28-29/h3-8,11,14,21H,9-10H2,1-2H3,(H3,25,26,27,28)/t14-,21+/m0/s1. The van der Waals surface area contributed by atoms with Crippen molar-refractivity contribution in [1.29, 1.82) is 0 Å². The van der Waals surface area contributed by atoms with Gasteiger partial charge in [0.15, 0.2) is 17.3 Å². The summed E-state index contributed by atoms with van der Waals surface area (Å²) in [5.41, 5.74) is 9.43. The number of aromatic nitrogens is 3. The van der Waals surface area contributed by atoms with E-state index in [0.717, 1.165) is 21.3 Å². The number of nitrogen functional groups attached to an aromatic ring is 1. The number of halogens is 1. The van der Waals surface area contributed by atoms with Gasteiger partial charge in [-0.3, -0.25) is 4.79 Å². The molecule has 1 aliphatic heterocycles. The summed E-state index contributed by atoms with van der Waals surface area (Å²) in [6, 6.07) is 13.3. The zero-order valence-electron chi connectivity index (χ0n) is 17.6. The molecule has 0 spiro atoms. The number of ether oxygens (including phenoxy) is 2. The van der Waals surface area contributed by atoms with E-state index in [1.807, 2.05) is 42.5 Å². The number of nitrogens with one attached hydrogen (secondary N) is 1. The molecule has 9 heteroatoms. The molecule has 3 N–H and O–H groups in total. The maximum Gasteiger partial charge on any atom is 0.241 e. The molecule has 0 fully saturated rings. The van der Waals surface area contributed by atoms with Gasteiger partial charge in [-0.15, -0.1) is 5.10 Å². The number of ketones is 1. The van der Waals surface area contributed by atoms with Crippen molar-refractivity contribution < 1.29 is 14.3 Å². The monoisotopic (exact) mass is 495 g/mol. The fourth-order valence-electron chi connectivity index (χ4n) is 4.56. The van der Waals surface area contributed by atoms with Crippen LogP contribution in [0.2, 0.25) is 0 Å². The second-order valence-corrected chi connectivity index (χ2v) is 8.77. The van der Waals surface area contributed by atoms with Gasteiger partial charge in [0.25, 0.3) is 0 Å². The van der Waals surface area contributed by atoms with Crippen LogP contribution >= 0.6 is 15.9 Å². The highest BCUT2D eigenvalue weighted by atomic mass is 79.9. The molecule has 2 aromatic carbocycles. The Labute approximate surface area is 193 Å². The van der Waals surface area contributed by atoms with Crippen molar-refractivity contribution in [3.8, 4) is 11.5 Å². The molecule has 2 aliphatic rings. The maximum atomic E-state index is 13.5. The van der Waals surface area contributed by atoms with E-state index < -0.39 is 0 Å². The number of methoxy groups -OCH3 is 2. The fraction of sp³-hybridized carbons (Fsp3) is 0.261. The first-order valence-electron chi connectivity index (χ1n) is 10.2. The van der Waals surface area contributed by atoms with Crippen molar-refractivity contribution in [2.45, 2.75) is 24.8 Å². The van der Waals surface area contributed by atoms with Gasteiger partial charge in [-0.1, -0.05) is 34.1 Å². The third-order valence-electron chi connectivity index (χ3n) is 5.98. The van der Waals surface area contributed by atoms with Gasteiger partial charge >= 0.3 is 0 Å². The summed E-state index contributed by atoms with van der Waals surface area (Å²) in [4.78, 5) is 17.9. The van der Waals surface area contributed by atoms with Crippen molar-refractivity contribution in [2.75, 3.05) is 25.3 Å². The number of Topliss-reactive ketones (excluding diaryl/α,β-unsaturated/α-hetero) is 1. The first-order chi connectivity index (χ1) is 15.5. The lowest BCUT2D eigenvalue weighted by Gasteiger charge is -2.35. The van der Waals surface area contributed by atoms with Crippen LogP contribution < -0.4 is 20.5 Å². The summed E-state index contributed by atoms with van der Waals surface area (Å²) in [5, 5.41) is 7.69. The molecule has 32 heavy (non-hydrogen) atoms. The van der Waals surface area contributed by atoms with Gasteiger partial charge in [0, 0.05) is 22.2 Å². The number of hydrogen-bond donors (Lipinski definition) is 2. The van der Waals surface area contributed by atoms with E-state index in [1.54, 1.807) is 18.9 Å². The molecule has 3 aromatic rings. The Morgan fingerprint density at radius 1 is 1.09 bits per heavy atom. The lowest BCUT2D eigenvalue weighted by atomic mass is 9.78. The van der Waals surface area contributed by atoms with Crippen molar-refractivity contribution in [3.63, 3.8) is 0 Å². The van der Waals surface area contributed by atoms with E-state index in [-0.39, 0.29) is 23.7 Å². The van der Waals surface area contributed by atoms with Crippen molar-refractivity contribution in [2.24, 2.45) is 0 Å². The smallest absolute Gasteiger partial charge is 0.241 e. The number of nitrogens with two attached hydrogens (primary N) is 1. The number of rotatable bonds is 4. The molecule has 1 aromatic heterocycles. The number of allylic oxidation sites excluding steroid dienone is 2. The Hall–Kier alpha value is -3.33. The van der Waals surface area contributed by atoms with Gasteiger partial charge < -0.3 is 20.5 Å². The number of benzene rings is 2. The highest BCUT2D eigenvalue weighted by Gasteiger charge is 2.39. The zero-order valence-corrected chi connectivity index (χ0v) is 19.2. The fourth-order valence-corrected chi connectivity index (χ4v) is 4.97. The molecule has 2 heterocycles. The van der Waals surface area contributed by atoms with Crippen molar-refractivity contribution in [1.82, 2.24) is 14.8 Å². The quantitative estimate of drug-likeness (QED) is 0.562. The normalized spacial score (nSPS) is 19.8. The van der Waals surface area contributed by atoms with Crippen LogP contribution in [-0.4, -0.2) is 34.8 Å². The molecular weight excluding hydrogens is 474 g/mol. The van der Waals surface area contributed by atoms with Crippen molar-refractivity contribution >= 4 is 33.6 Å². The number of anilines is 2. The minimum atomic E-state index is -0.387. The van der Waals surface area contributed by atoms with Gasteiger partial charge in [-0.2, -0.15) is 4.98 Å². The molecular formula is C23H22BrN5O3. The Morgan fingerprint density at radius 3 is 2.66 bits per heavy atom. The van der Waals surface area contributed by atoms with Crippen LogP contribution in [0.1, 0.15) is 35.9 Å². The van der Waals surface area contributed by atoms with E-state index >= 15 is 0 Å². The van der Waals surface area contributed by atoms with E-state index in [2.05, 4.69) is 31.3 Å². The molecule has 5 rings (SSSR count). The SMILES string of the molecule is COc1ccc([C@@H]2CC(=O)C3=C(C2)Nc2nc(N)nn2[C@@H]3c2cccc(Br)c2)cc1OC. The molecule has 0 radical (unpaired) electrons. The predicted octanol–water partition coefficient (Wildman–Crippen LogP) is 4.06. The van der Waals surface area contributed by atoms with Crippen LogP contribution in [0.4, 0.5) is 11.9 Å². The summed E-state index contributed by atoms with van der Waals surface area (Å²) >= 11 is 3.53. The average Bonchev–Trinajstić information content (AvgIpc) is 3.16. The summed E-state index contributed by atoms with van der Waals surface area (Å²) in [5.74, 6) is 2.08. The zero-order chi connectivity index (χ0) is 22.4. The van der Waals surface area contributed by atoms with E-state index in [0.29, 0.717) is 35.9 Å². The lowest BCUT2D eigenvalue weighted by Crippen LogP contribution is -2.33. The summed E-state index contributed by atoms with van der Waals surface area (Å²) in [6.07, 6.45) is 1.05. The Balaban J connectivity index is 1.58. The number of nitrogens with zero attached hydrogens (tertiary/aromatic N) is 3. The summed E-state index contributed by atoms with van der Waals surface area (Å²) < 4.78 is 13.4. The third kappa shape index (κ3) is 3.42. The van der Waals surface area contributed by atoms with E-state index in [9.17, 15) is 4.79 Å². The molecule has 1 aliphatic carbocycles. The molecule has 0 bridgehead atoms. The van der Waals surface area contributed by atoms with Crippen LogP contribution in [0, 0.1) is 0 Å². The van der Waals surface area contributed by atoms with Crippen LogP contribution in [-0.2, 0) is 4.79 Å². The van der Waals surface area contributed by atoms with Crippen LogP contribution in [0.15, 0.2) is 58.2 Å². The molecule has 8 nitrogen and oxygen atoms in total. The number of carbonyl (C=O) groups excluding carboxylic acids is 1. The minimum Gasteiger partial charge on any atom is -0.493 e. The largest absolute Gasteiger partial charge is 0.493 e. The Morgan fingerprint density at radius 2 is 1.91 bits per heavy atom. The van der Waals surface area contributed by atoms with E-state index in [4.69, 9.17) is 15.2 Å². The van der Waals surface area contributed by atoms with Gasteiger partial charge in [0.1, 0.15) is 6.04 Å². The van der Waals surface area contributed by atoms with Gasteiger partial charge in [-0.05, 0) is 47.7 Å². The summed E-state index contributed by atoms with van der Waals surface area (Å²) in [7, 11) is 3.21. The molecule has 0 unspecified atom stereocenters. The third-order valence-corrected chi connectivity index (χ3v) is 6.47. The maximum absolute atomic E-state index is 13.5. The summed E-state index contributed by atoms with van der Waals surface area (Å²) in [6.45, 7) is 0. The van der Waals surface area contributed by atoms with Crippen LogP contribution in [0.25, 0.3) is 0 Å². The average molecular weight is 496 g/mol. The molecule has 0 amide bonds. The van der Waals surface area contributed by atoms with Crippen LogP contribution in [0.3, 0.4) is 0 Å². The number of fused-ring (bicyclic) bond motifs is 1. The van der Waals surface area contributed by atoms with Gasteiger partial charge in [0.2, 0.25) is 11.9 Å². The second kappa shape index (κ2) is 7.98. The highest BCUT2D eigenvalue weighted by molar-refractivity contribution is 9.10. The number of carbonyl (C=O) groups is 1. The second-order valence-electron chi connectivity index (χ2n) is 7.86. The van der Waals surface area contributed by atoms with Crippen LogP contribution in [0.5, 0.6) is 11.5 Å².